The first-order valence-electron chi connectivity index (χ1n) is 11.3. The minimum Gasteiger partial charge on any atom is -0.466 e. The van der Waals surface area contributed by atoms with Gasteiger partial charge in [-0.2, -0.15) is 5.26 Å². The first-order chi connectivity index (χ1) is 18.7. The molecule has 2 heterocycles. The lowest BCUT2D eigenvalue weighted by molar-refractivity contribution is -0.139. The summed E-state index contributed by atoms with van der Waals surface area (Å²) in [5, 5.41) is 10.1. The van der Waals surface area contributed by atoms with Crippen LogP contribution in [0.5, 0.6) is 0 Å². The minimum absolute atomic E-state index is 0.0196. The Balaban J connectivity index is 1.87. The lowest BCUT2D eigenvalue weighted by Crippen LogP contribution is -2.40. The number of hydrogen-bond acceptors (Lipinski definition) is 11. The van der Waals surface area contributed by atoms with Crippen molar-refractivity contribution in [2.24, 2.45) is 5.73 Å². The predicted octanol–water partition coefficient (Wildman–Crippen LogP) is 2.18. The molecule has 3 N–H and O–H groups in total. The van der Waals surface area contributed by atoms with E-state index >= 15 is 0 Å². The van der Waals surface area contributed by atoms with Crippen LogP contribution in [0.25, 0.3) is 0 Å². The van der Waals surface area contributed by atoms with E-state index < -0.39 is 27.9 Å². The first-order valence-corrected chi connectivity index (χ1v) is 12.8. The molecule has 39 heavy (non-hydrogen) atoms. The molecule has 0 aliphatic carbocycles. The highest BCUT2D eigenvalue weighted by Crippen LogP contribution is 2.43. The fourth-order valence-electron chi connectivity index (χ4n) is 4.09. The molecule has 198 valence electrons. The maximum atomic E-state index is 13.1. The lowest BCUT2D eigenvalue weighted by atomic mass is 9.81. The monoisotopic (exact) mass is 546 g/mol. The third-order valence-corrected chi connectivity index (χ3v) is 7.15. The number of benzene rings is 2. The van der Waals surface area contributed by atoms with Crippen molar-refractivity contribution in [2.45, 2.75) is 10.8 Å². The van der Waals surface area contributed by atoms with Gasteiger partial charge in [-0.1, -0.05) is 30.3 Å². The highest BCUT2D eigenvalue weighted by molar-refractivity contribution is 7.92. The van der Waals surface area contributed by atoms with Crippen LogP contribution >= 0.6 is 0 Å². The minimum atomic E-state index is -4.06. The van der Waals surface area contributed by atoms with Gasteiger partial charge < -0.3 is 15.2 Å². The van der Waals surface area contributed by atoms with Gasteiger partial charge in [0.1, 0.15) is 11.5 Å². The van der Waals surface area contributed by atoms with E-state index in [-0.39, 0.29) is 39.2 Å². The normalized spacial score (nSPS) is 15.4. The molecule has 12 nitrogen and oxygen atoms in total. The van der Waals surface area contributed by atoms with E-state index in [1.54, 1.807) is 30.3 Å². The van der Waals surface area contributed by atoms with Crippen LogP contribution < -0.4 is 15.4 Å². The van der Waals surface area contributed by atoms with Crippen molar-refractivity contribution < 1.29 is 27.5 Å². The van der Waals surface area contributed by atoms with Gasteiger partial charge in [-0.15, -0.1) is 0 Å². The number of carbonyl (C=O) groups is 2. The van der Waals surface area contributed by atoms with Crippen molar-refractivity contribution in [1.29, 1.82) is 5.26 Å². The number of nitriles is 1. The van der Waals surface area contributed by atoms with Crippen LogP contribution in [-0.4, -0.2) is 44.5 Å². The third kappa shape index (κ3) is 5.13. The molecule has 0 saturated heterocycles. The van der Waals surface area contributed by atoms with E-state index in [4.69, 9.17) is 15.2 Å². The van der Waals surface area contributed by atoms with Crippen molar-refractivity contribution in [2.75, 3.05) is 23.8 Å². The Kier molecular flexibility index (Phi) is 7.59. The number of carbonyl (C=O) groups excluding carboxylic acids is 2. The highest BCUT2D eigenvalue weighted by Gasteiger charge is 2.43. The van der Waals surface area contributed by atoms with Crippen LogP contribution in [0.2, 0.25) is 0 Å². The summed E-state index contributed by atoms with van der Waals surface area (Å²) < 4.78 is 37.9. The Morgan fingerprint density at radius 2 is 1.59 bits per heavy atom. The summed E-state index contributed by atoms with van der Waals surface area (Å²) in [5.74, 6) is -3.08. The number of esters is 2. The fourth-order valence-corrected chi connectivity index (χ4v) is 5.04. The van der Waals surface area contributed by atoms with Gasteiger partial charge in [-0.25, -0.2) is 32.7 Å². The second kappa shape index (κ2) is 11.0. The molecule has 3 aromatic rings. The number of nitrogens with one attached hydrogen (secondary N) is 1. The summed E-state index contributed by atoms with van der Waals surface area (Å²) in [6.07, 6.45) is 2.77. The summed E-state index contributed by atoms with van der Waals surface area (Å²) in [6.45, 7) is 0. The number of methoxy groups -OCH3 is 2. The number of ether oxygens (including phenoxy) is 2. The van der Waals surface area contributed by atoms with Gasteiger partial charge in [0, 0.05) is 18.1 Å². The number of rotatable bonds is 7. The van der Waals surface area contributed by atoms with Crippen molar-refractivity contribution in [3.8, 4) is 6.07 Å². The van der Waals surface area contributed by atoms with Gasteiger partial charge in [0.25, 0.3) is 10.0 Å². The van der Waals surface area contributed by atoms with Crippen LogP contribution in [0.3, 0.4) is 0 Å². The zero-order valence-electron chi connectivity index (χ0n) is 20.7. The number of anilines is 2. The van der Waals surface area contributed by atoms with Gasteiger partial charge in [-0.3, -0.25) is 4.90 Å². The topological polar surface area (TPSA) is 178 Å². The summed E-state index contributed by atoms with van der Waals surface area (Å²) >= 11 is 0. The van der Waals surface area contributed by atoms with Gasteiger partial charge in [0.15, 0.2) is 0 Å². The molecule has 1 atom stereocenters. The number of nitrogens with two attached hydrogens (primary N) is 1. The van der Waals surface area contributed by atoms with E-state index in [2.05, 4.69) is 20.8 Å². The number of allylic oxidation sites excluding steroid dienone is 1. The summed E-state index contributed by atoms with van der Waals surface area (Å²) in [6, 6.07) is 17.4. The zero-order valence-corrected chi connectivity index (χ0v) is 21.5. The summed E-state index contributed by atoms with van der Waals surface area (Å²) in [5.41, 5.74) is 6.69. The molecule has 1 aliphatic rings. The van der Waals surface area contributed by atoms with E-state index in [0.29, 0.717) is 5.56 Å². The van der Waals surface area contributed by atoms with E-state index in [1.165, 1.54) is 47.6 Å². The Labute approximate surface area is 224 Å². The Morgan fingerprint density at radius 3 is 2.15 bits per heavy atom. The van der Waals surface area contributed by atoms with Crippen LogP contribution in [-0.2, 0) is 29.1 Å². The number of hydrogen-bond donors (Lipinski definition) is 2. The van der Waals surface area contributed by atoms with Crippen LogP contribution in [0.1, 0.15) is 11.5 Å². The molecule has 1 unspecified atom stereocenters. The van der Waals surface area contributed by atoms with Gasteiger partial charge >= 0.3 is 11.9 Å². The van der Waals surface area contributed by atoms with Crippen molar-refractivity contribution >= 4 is 33.6 Å². The smallest absolute Gasteiger partial charge is 0.355 e. The average Bonchev–Trinajstić information content (AvgIpc) is 2.96. The lowest BCUT2D eigenvalue weighted by Gasteiger charge is -2.35. The second-order valence-corrected chi connectivity index (χ2v) is 9.69. The zero-order chi connectivity index (χ0) is 28.2. The molecule has 0 radical (unpaired) electrons. The first kappa shape index (κ1) is 26.8. The maximum absolute atomic E-state index is 13.1. The van der Waals surface area contributed by atoms with E-state index in [1.807, 2.05) is 0 Å². The van der Waals surface area contributed by atoms with Crippen molar-refractivity contribution in [3.05, 3.63) is 101 Å². The summed E-state index contributed by atoms with van der Waals surface area (Å²) in [4.78, 5) is 34.9. The Morgan fingerprint density at radius 1 is 0.974 bits per heavy atom. The van der Waals surface area contributed by atoms with Crippen molar-refractivity contribution in [3.63, 3.8) is 0 Å². The molecule has 0 bridgehead atoms. The van der Waals surface area contributed by atoms with Gasteiger partial charge in [-0.05, 0) is 35.9 Å². The quantitative estimate of drug-likeness (QED) is 0.415. The molecule has 1 aliphatic heterocycles. The highest BCUT2D eigenvalue weighted by atomic mass is 32.2. The standard InChI is InChI=1S/C26H22N6O6S/c1-37-24(33)21-20(16-7-4-3-5-8-16)19(15-27)23(28)32(22(21)25(34)38-2)17-9-11-18(12-10-17)39(35,36)31-26-29-13-6-14-30-26/h3-14,20H,28H2,1-2H3,(H,29,30,31). The third-order valence-electron chi connectivity index (χ3n) is 5.81. The number of nitrogens with zero attached hydrogens (tertiary/aromatic N) is 4. The van der Waals surface area contributed by atoms with E-state index in [9.17, 15) is 23.3 Å². The molecule has 0 fully saturated rings. The summed E-state index contributed by atoms with van der Waals surface area (Å²) in [7, 11) is -1.79. The van der Waals surface area contributed by atoms with Crippen LogP contribution in [0, 0.1) is 11.3 Å². The van der Waals surface area contributed by atoms with Crippen LogP contribution in [0.15, 0.2) is 101 Å². The second-order valence-electron chi connectivity index (χ2n) is 8.01. The number of aromatic nitrogens is 2. The molecule has 1 aromatic heterocycles. The van der Waals surface area contributed by atoms with E-state index in [0.717, 1.165) is 14.2 Å². The SMILES string of the molecule is COC(=O)C1=C(C(=O)OC)N(c2ccc(S(=O)(=O)Nc3ncccn3)cc2)C(N)=C(C#N)C1c1ccccc1. The predicted molar refractivity (Wildman–Crippen MR) is 139 cm³/mol. The van der Waals surface area contributed by atoms with Gasteiger partial charge in [0.2, 0.25) is 5.95 Å². The molecule has 2 aromatic carbocycles. The van der Waals surface area contributed by atoms with Gasteiger partial charge in [0.05, 0.1) is 42.2 Å². The maximum Gasteiger partial charge on any atom is 0.355 e. The molecular formula is C26H22N6O6S. The molecule has 0 saturated carbocycles. The molecule has 0 amide bonds. The average molecular weight is 547 g/mol. The largest absolute Gasteiger partial charge is 0.466 e. The Hall–Kier alpha value is -5.22. The molecular weight excluding hydrogens is 524 g/mol. The molecule has 4 rings (SSSR count). The number of sulfonamides is 1. The van der Waals surface area contributed by atoms with Crippen LogP contribution in [0.4, 0.5) is 11.6 Å². The Bertz CT molecular complexity index is 1610. The fraction of sp³-hybridized carbons (Fsp3) is 0.115. The molecule has 0 spiro atoms. The molecule has 13 heteroatoms. The van der Waals surface area contributed by atoms with Crippen molar-refractivity contribution in [1.82, 2.24) is 9.97 Å².